The molecule has 0 aliphatic carbocycles. The zero-order chi connectivity index (χ0) is 9.14. The molecule has 1 heterocycles. The number of hydrogen-bond acceptors (Lipinski definition) is 2. The third-order valence-electron chi connectivity index (χ3n) is 2.61. The van der Waals surface area contributed by atoms with Gasteiger partial charge in [0.05, 0.1) is 11.0 Å². The Kier molecular flexibility index (Phi) is 3.47. The van der Waals surface area contributed by atoms with E-state index in [4.69, 9.17) is 18.0 Å². The molecule has 2 N–H and O–H groups in total. The molecular weight excluding hydrogens is 168 g/mol. The maximum Gasteiger partial charge on any atom is 0.0901 e. The fourth-order valence-electron chi connectivity index (χ4n) is 1.89. The van der Waals surface area contributed by atoms with Crippen molar-refractivity contribution < 1.29 is 0 Å². The number of rotatable bonds is 3. The Balaban J connectivity index is 2.49. The lowest BCUT2D eigenvalue weighted by atomic mass is 10.1. The maximum absolute atomic E-state index is 5.66. The molecule has 1 fully saturated rings. The van der Waals surface area contributed by atoms with Crippen molar-refractivity contribution in [3.05, 3.63) is 0 Å². The molecule has 0 amide bonds. The van der Waals surface area contributed by atoms with Crippen LogP contribution >= 0.6 is 12.2 Å². The van der Waals surface area contributed by atoms with Crippen molar-refractivity contribution in [1.29, 1.82) is 0 Å². The van der Waals surface area contributed by atoms with E-state index in [9.17, 15) is 0 Å². The highest BCUT2D eigenvalue weighted by Gasteiger charge is 2.25. The molecule has 70 valence electrons. The first-order valence-electron chi connectivity index (χ1n) is 4.68. The van der Waals surface area contributed by atoms with Gasteiger partial charge in [0.25, 0.3) is 0 Å². The maximum atomic E-state index is 5.66. The molecular formula is C9H18N2S. The van der Waals surface area contributed by atoms with Gasteiger partial charge in [-0.3, -0.25) is 4.90 Å². The average Bonchev–Trinajstić information content (AvgIpc) is 2.37. The van der Waals surface area contributed by atoms with Crippen LogP contribution in [-0.4, -0.2) is 29.0 Å². The summed E-state index contributed by atoms with van der Waals surface area (Å²) in [4.78, 5) is 3.07. The molecule has 1 saturated heterocycles. The molecule has 0 aromatic rings. The van der Waals surface area contributed by atoms with Gasteiger partial charge in [0.15, 0.2) is 0 Å². The standard InChI is InChI=1S/C9H18N2S/c1-3-8(9(10)12)11-5-4-7(2)6-11/h7-8H,3-6H2,1-2H3,(H2,10,12). The van der Waals surface area contributed by atoms with Gasteiger partial charge in [0.2, 0.25) is 0 Å². The molecule has 2 nitrogen and oxygen atoms in total. The Hall–Kier alpha value is -0.150. The molecule has 0 saturated carbocycles. The smallest absolute Gasteiger partial charge is 0.0901 e. The van der Waals surface area contributed by atoms with E-state index in [1.54, 1.807) is 0 Å². The lowest BCUT2D eigenvalue weighted by Gasteiger charge is -2.25. The Morgan fingerprint density at radius 1 is 1.75 bits per heavy atom. The Labute approximate surface area is 80.1 Å². The summed E-state index contributed by atoms with van der Waals surface area (Å²) in [6.45, 7) is 6.76. The van der Waals surface area contributed by atoms with E-state index in [2.05, 4.69) is 18.7 Å². The fraction of sp³-hybridized carbons (Fsp3) is 0.889. The van der Waals surface area contributed by atoms with Gasteiger partial charge >= 0.3 is 0 Å². The van der Waals surface area contributed by atoms with E-state index in [-0.39, 0.29) is 0 Å². The number of nitrogens with two attached hydrogens (primary N) is 1. The monoisotopic (exact) mass is 186 g/mol. The molecule has 3 heteroatoms. The van der Waals surface area contributed by atoms with E-state index in [1.165, 1.54) is 6.42 Å². The Morgan fingerprint density at radius 3 is 2.75 bits per heavy atom. The van der Waals surface area contributed by atoms with Crippen LogP contribution in [0.5, 0.6) is 0 Å². The van der Waals surface area contributed by atoms with Crippen LogP contribution < -0.4 is 5.73 Å². The van der Waals surface area contributed by atoms with Gasteiger partial charge in [-0.2, -0.15) is 0 Å². The molecule has 0 aromatic carbocycles. The van der Waals surface area contributed by atoms with Crippen molar-refractivity contribution in [2.75, 3.05) is 13.1 Å². The van der Waals surface area contributed by atoms with Crippen LogP contribution in [0.2, 0.25) is 0 Å². The first kappa shape index (κ1) is 9.93. The summed E-state index contributed by atoms with van der Waals surface area (Å²) in [6.07, 6.45) is 2.33. The van der Waals surface area contributed by atoms with Crippen molar-refractivity contribution in [1.82, 2.24) is 4.90 Å². The van der Waals surface area contributed by atoms with Crippen LogP contribution in [0.15, 0.2) is 0 Å². The molecule has 2 unspecified atom stereocenters. The normalized spacial score (nSPS) is 27.3. The molecule has 1 rings (SSSR count). The van der Waals surface area contributed by atoms with Gasteiger partial charge in [0, 0.05) is 6.54 Å². The molecule has 0 radical (unpaired) electrons. The number of likely N-dealkylation sites (tertiary alicyclic amines) is 1. The van der Waals surface area contributed by atoms with E-state index in [0.717, 1.165) is 25.4 Å². The van der Waals surface area contributed by atoms with E-state index >= 15 is 0 Å². The molecule has 1 aliphatic rings. The van der Waals surface area contributed by atoms with Gasteiger partial charge in [-0.15, -0.1) is 0 Å². The lowest BCUT2D eigenvalue weighted by Crippen LogP contribution is -2.42. The minimum absolute atomic E-state index is 0.338. The third-order valence-corrected chi connectivity index (χ3v) is 2.88. The highest BCUT2D eigenvalue weighted by atomic mass is 32.1. The van der Waals surface area contributed by atoms with Crippen LogP contribution in [0.3, 0.4) is 0 Å². The van der Waals surface area contributed by atoms with Crippen LogP contribution in [0.4, 0.5) is 0 Å². The van der Waals surface area contributed by atoms with Crippen molar-refractivity contribution in [3.63, 3.8) is 0 Å². The minimum Gasteiger partial charge on any atom is -0.392 e. The highest BCUT2D eigenvalue weighted by Crippen LogP contribution is 2.19. The van der Waals surface area contributed by atoms with Crippen molar-refractivity contribution in [2.24, 2.45) is 11.7 Å². The van der Waals surface area contributed by atoms with E-state index in [1.807, 2.05) is 0 Å². The molecule has 2 atom stereocenters. The molecule has 12 heavy (non-hydrogen) atoms. The predicted molar refractivity (Wildman–Crippen MR) is 56.2 cm³/mol. The van der Waals surface area contributed by atoms with Crippen LogP contribution in [0.1, 0.15) is 26.7 Å². The predicted octanol–water partition coefficient (Wildman–Crippen LogP) is 1.39. The first-order chi connectivity index (χ1) is 5.65. The second kappa shape index (κ2) is 4.19. The molecule has 0 bridgehead atoms. The number of thiocarbonyl (C=S) groups is 1. The SMILES string of the molecule is CCC(C(N)=S)N1CCC(C)C1. The Morgan fingerprint density at radius 2 is 2.42 bits per heavy atom. The molecule has 0 aromatic heterocycles. The van der Waals surface area contributed by atoms with Gasteiger partial charge in [-0.1, -0.05) is 26.1 Å². The summed E-state index contributed by atoms with van der Waals surface area (Å²) in [5.74, 6) is 0.813. The zero-order valence-corrected chi connectivity index (χ0v) is 8.73. The van der Waals surface area contributed by atoms with Crippen molar-refractivity contribution >= 4 is 17.2 Å². The summed E-state index contributed by atoms with van der Waals surface area (Å²) in [6, 6.07) is 0.338. The average molecular weight is 186 g/mol. The first-order valence-corrected chi connectivity index (χ1v) is 5.09. The van der Waals surface area contributed by atoms with Crippen molar-refractivity contribution in [2.45, 2.75) is 32.7 Å². The minimum atomic E-state index is 0.338. The lowest BCUT2D eigenvalue weighted by molar-refractivity contribution is 0.285. The van der Waals surface area contributed by atoms with Crippen molar-refractivity contribution in [3.8, 4) is 0 Å². The van der Waals surface area contributed by atoms with Crippen LogP contribution in [0.25, 0.3) is 0 Å². The number of nitrogens with zero attached hydrogens (tertiary/aromatic N) is 1. The van der Waals surface area contributed by atoms with Gasteiger partial charge < -0.3 is 5.73 Å². The second-order valence-electron chi connectivity index (χ2n) is 3.72. The molecule has 0 spiro atoms. The summed E-state index contributed by atoms with van der Waals surface area (Å²) in [7, 11) is 0. The Bertz CT molecular complexity index is 170. The van der Waals surface area contributed by atoms with E-state index < -0.39 is 0 Å². The molecule has 1 aliphatic heterocycles. The largest absolute Gasteiger partial charge is 0.392 e. The highest BCUT2D eigenvalue weighted by molar-refractivity contribution is 7.80. The third kappa shape index (κ3) is 2.17. The quantitative estimate of drug-likeness (QED) is 0.675. The summed E-state index contributed by atoms with van der Waals surface area (Å²) < 4.78 is 0. The topological polar surface area (TPSA) is 29.3 Å². The summed E-state index contributed by atoms with van der Waals surface area (Å²) >= 11 is 5.03. The zero-order valence-electron chi connectivity index (χ0n) is 7.92. The number of hydrogen-bond donors (Lipinski definition) is 1. The summed E-state index contributed by atoms with van der Waals surface area (Å²) in [5, 5.41) is 0. The van der Waals surface area contributed by atoms with Gasteiger partial charge in [-0.25, -0.2) is 0 Å². The van der Waals surface area contributed by atoms with Gasteiger partial charge in [-0.05, 0) is 25.3 Å². The van der Waals surface area contributed by atoms with Crippen LogP contribution in [-0.2, 0) is 0 Å². The van der Waals surface area contributed by atoms with Gasteiger partial charge in [0.1, 0.15) is 0 Å². The second-order valence-corrected chi connectivity index (χ2v) is 4.19. The van der Waals surface area contributed by atoms with E-state index in [0.29, 0.717) is 11.0 Å². The van der Waals surface area contributed by atoms with Crippen LogP contribution in [0, 0.1) is 5.92 Å². The fourth-order valence-corrected chi connectivity index (χ4v) is 2.21. The summed E-state index contributed by atoms with van der Waals surface area (Å²) in [5.41, 5.74) is 5.66.